The van der Waals surface area contributed by atoms with Crippen LogP contribution in [-0.2, 0) is 5.75 Å². The minimum absolute atomic E-state index is 0.125. The van der Waals surface area contributed by atoms with Crippen LogP contribution in [0.3, 0.4) is 0 Å². The quantitative estimate of drug-likeness (QED) is 0.478. The number of halogens is 2. The third-order valence-corrected chi connectivity index (χ3v) is 6.20. The molecule has 0 spiro atoms. The number of hydrogen-bond acceptors (Lipinski definition) is 4. The highest BCUT2D eigenvalue weighted by Gasteiger charge is 2.13. The van der Waals surface area contributed by atoms with Crippen LogP contribution in [-0.4, -0.2) is 10.9 Å². The smallest absolute Gasteiger partial charge is 0.251 e. The Morgan fingerprint density at radius 2 is 1.96 bits per heavy atom. The van der Waals surface area contributed by atoms with E-state index in [0.29, 0.717) is 15.6 Å². The standard InChI is InChI=1S/C19H16Cl2N2OS2/c1-12(14-4-7-17(20)18(21)8-14)23-19(24)13-2-5-16(6-3-13)26-10-15-9-25-11-22-15/h2-9,11-12H,10H2,1H3,(H,23,24). The van der Waals surface area contributed by atoms with Gasteiger partial charge in [-0.25, -0.2) is 4.98 Å². The van der Waals surface area contributed by atoms with Crippen LogP contribution < -0.4 is 5.32 Å². The second kappa shape index (κ2) is 8.91. The zero-order chi connectivity index (χ0) is 18.5. The van der Waals surface area contributed by atoms with Crippen molar-refractivity contribution in [3.05, 3.63) is 80.2 Å². The molecule has 0 aliphatic carbocycles. The Kier molecular flexibility index (Phi) is 6.59. The first-order chi connectivity index (χ1) is 12.5. The molecule has 0 fully saturated rings. The lowest BCUT2D eigenvalue weighted by Crippen LogP contribution is -2.26. The molecule has 1 aromatic heterocycles. The van der Waals surface area contributed by atoms with Crippen LogP contribution in [0.1, 0.15) is 34.6 Å². The molecule has 3 nitrogen and oxygen atoms in total. The minimum Gasteiger partial charge on any atom is -0.346 e. The van der Waals surface area contributed by atoms with Crippen molar-refractivity contribution >= 4 is 52.2 Å². The zero-order valence-electron chi connectivity index (χ0n) is 13.9. The summed E-state index contributed by atoms with van der Waals surface area (Å²) in [6.07, 6.45) is 0. The molecule has 7 heteroatoms. The average Bonchev–Trinajstić information content (AvgIpc) is 3.16. The monoisotopic (exact) mass is 422 g/mol. The van der Waals surface area contributed by atoms with Gasteiger partial charge in [0.25, 0.3) is 5.91 Å². The summed E-state index contributed by atoms with van der Waals surface area (Å²) < 4.78 is 0. The summed E-state index contributed by atoms with van der Waals surface area (Å²) in [6, 6.07) is 12.8. The molecule has 3 rings (SSSR count). The van der Waals surface area contributed by atoms with Crippen LogP contribution in [0.2, 0.25) is 10.0 Å². The Morgan fingerprint density at radius 3 is 2.62 bits per heavy atom. The molecule has 3 aromatic rings. The van der Waals surface area contributed by atoms with Gasteiger partial charge in [0.05, 0.1) is 27.3 Å². The third-order valence-electron chi connectivity index (χ3n) is 3.78. The number of aromatic nitrogens is 1. The van der Waals surface area contributed by atoms with Crippen molar-refractivity contribution in [3.8, 4) is 0 Å². The van der Waals surface area contributed by atoms with E-state index in [1.54, 1.807) is 35.2 Å². The topological polar surface area (TPSA) is 42.0 Å². The molecule has 2 aromatic carbocycles. The van der Waals surface area contributed by atoms with E-state index in [1.165, 1.54) is 0 Å². The first kappa shape index (κ1) is 19.2. The first-order valence-corrected chi connectivity index (χ1v) is 10.6. The van der Waals surface area contributed by atoms with E-state index in [0.717, 1.165) is 21.9 Å². The maximum absolute atomic E-state index is 12.5. The molecule has 0 aliphatic rings. The largest absolute Gasteiger partial charge is 0.346 e. The fraction of sp³-hybridized carbons (Fsp3) is 0.158. The zero-order valence-corrected chi connectivity index (χ0v) is 17.1. The molecule has 1 atom stereocenters. The van der Waals surface area contributed by atoms with Crippen molar-refractivity contribution in [3.63, 3.8) is 0 Å². The maximum Gasteiger partial charge on any atom is 0.251 e. The molecule has 0 saturated carbocycles. The van der Waals surface area contributed by atoms with Crippen LogP contribution >= 0.6 is 46.3 Å². The fourth-order valence-corrected chi connectivity index (χ4v) is 4.09. The molecule has 1 unspecified atom stereocenters. The lowest BCUT2D eigenvalue weighted by atomic mass is 10.1. The maximum atomic E-state index is 12.5. The van der Waals surface area contributed by atoms with Crippen molar-refractivity contribution in [1.29, 1.82) is 0 Å². The third kappa shape index (κ3) is 5.01. The molecule has 0 radical (unpaired) electrons. The number of thioether (sulfide) groups is 1. The van der Waals surface area contributed by atoms with Gasteiger partial charge in [-0.1, -0.05) is 29.3 Å². The number of nitrogens with one attached hydrogen (secondary N) is 1. The summed E-state index contributed by atoms with van der Waals surface area (Å²) >= 11 is 15.3. The van der Waals surface area contributed by atoms with Crippen molar-refractivity contribution in [2.24, 2.45) is 0 Å². The van der Waals surface area contributed by atoms with E-state index < -0.39 is 0 Å². The number of carbonyl (C=O) groups is 1. The van der Waals surface area contributed by atoms with E-state index in [9.17, 15) is 4.79 Å². The van der Waals surface area contributed by atoms with E-state index in [-0.39, 0.29) is 11.9 Å². The van der Waals surface area contributed by atoms with Crippen molar-refractivity contribution < 1.29 is 4.79 Å². The molecule has 134 valence electrons. The predicted molar refractivity (Wildman–Crippen MR) is 110 cm³/mol. The Labute approximate surface area is 170 Å². The second-order valence-corrected chi connectivity index (χ2v) is 8.24. The Hall–Kier alpha value is -1.53. The van der Waals surface area contributed by atoms with Crippen molar-refractivity contribution in [2.45, 2.75) is 23.6 Å². The van der Waals surface area contributed by atoms with Gasteiger partial charge in [0.15, 0.2) is 0 Å². The van der Waals surface area contributed by atoms with Gasteiger partial charge in [0.1, 0.15) is 0 Å². The summed E-state index contributed by atoms with van der Waals surface area (Å²) in [6.45, 7) is 1.91. The highest BCUT2D eigenvalue weighted by molar-refractivity contribution is 7.98. The summed E-state index contributed by atoms with van der Waals surface area (Å²) in [4.78, 5) is 17.8. The normalized spacial score (nSPS) is 12.0. The van der Waals surface area contributed by atoms with Gasteiger partial charge in [-0.05, 0) is 48.9 Å². The van der Waals surface area contributed by atoms with Gasteiger partial charge < -0.3 is 5.32 Å². The average molecular weight is 423 g/mol. The molecule has 0 aliphatic heterocycles. The SMILES string of the molecule is CC(NC(=O)c1ccc(SCc2cscn2)cc1)c1ccc(Cl)c(Cl)c1. The number of benzene rings is 2. The van der Waals surface area contributed by atoms with Crippen LogP contribution in [0.4, 0.5) is 0 Å². The second-order valence-electron chi connectivity index (χ2n) is 5.66. The number of nitrogens with zero attached hydrogens (tertiary/aromatic N) is 1. The van der Waals surface area contributed by atoms with Gasteiger partial charge in [0.2, 0.25) is 0 Å². The van der Waals surface area contributed by atoms with Crippen molar-refractivity contribution in [2.75, 3.05) is 0 Å². The predicted octanol–water partition coefficient (Wildman–Crippen LogP) is 6.23. The lowest BCUT2D eigenvalue weighted by molar-refractivity contribution is 0.0940. The van der Waals surface area contributed by atoms with Crippen LogP contribution in [0.5, 0.6) is 0 Å². The van der Waals surface area contributed by atoms with E-state index in [1.807, 2.05) is 48.1 Å². The molecule has 1 heterocycles. The van der Waals surface area contributed by atoms with E-state index in [2.05, 4.69) is 10.3 Å². The Morgan fingerprint density at radius 1 is 1.19 bits per heavy atom. The molecular formula is C19H16Cl2N2OS2. The summed E-state index contributed by atoms with van der Waals surface area (Å²) in [5, 5.41) is 6.00. The van der Waals surface area contributed by atoms with Gasteiger partial charge in [-0.15, -0.1) is 23.1 Å². The van der Waals surface area contributed by atoms with Crippen molar-refractivity contribution in [1.82, 2.24) is 10.3 Å². The number of thiazole rings is 1. The molecule has 0 saturated heterocycles. The highest BCUT2D eigenvalue weighted by Crippen LogP contribution is 2.26. The number of amides is 1. The number of hydrogen-bond donors (Lipinski definition) is 1. The Balaban J connectivity index is 1.59. The van der Waals surface area contributed by atoms with E-state index in [4.69, 9.17) is 23.2 Å². The van der Waals surface area contributed by atoms with Gasteiger partial charge in [-0.2, -0.15) is 0 Å². The molecule has 1 amide bonds. The van der Waals surface area contributed by atoms with Gasteiger partial charge in [0, 0.05) is 21.6 Å². The summed E-state index contributed by atoms with van der Waals surface area (Å²) in [7, 11) is 0. The fourth-order valence-electron chi connectivity index (χ4n) is 2.31. The number of carbonyl (C=O) groups excluding carboxylic acids is 1. The molecule has 26 heavy (non-hydrogen) atoms. The Bertz CT molecular complexity index is 883. The minimum atomic E-state index is -0.170. The molecular weight excluding hydrogens is 407 g/mol. The lowest BCUT2D eigenvalue weighted by Gasteiger charge is -2.15. The number of rotatable bonds is 6. The first-order valence-electron chi connectivity index (χ1n) is 7.88. The summed E-state index contributed by atoms with van der Waals surface area (Å²) in [5.41, 5.74) is 4.42. The van der Waals surface area contributed by atoms with Crippen LogP contribution in [0.15, 0.2) is 58.3 Å². The van der Waals surface area contributed by atoms with E-state index >= 15 is 0 Å². The van der Waals surface area contributed by atoms with Crippen LogP contribution in [0, 0.1) is 0 Å². The van der Waals surface area contributed by atoms with Gasteiger partial charge in [-0.3, -0.25) is 4.79 Å². The molecule has 1 N–H and O–H groups in total. The summed E-state index contributed by atoms with van der Waals surface area (Å²) in [5.74, 6) is 0.697. The highest BCUT2D eigenvalue weighted by atomic mass is 35.5. The van der Waals surface area contributed by atoms with Crippen LogP contribution in [0.25, 0.3) is 0 Å². The molecule has 0 bridgehead atoms. The van der Waals surface area contributed by atoms with Gasteiger partial charge >= 0.3 is 0 Å².